The highest BCUT2D eigenvalue weighted by Crippen LogP contribution is 2.31. The van der Waals surface area contributed by atoms with Crippen LogP contribution < -0.4 is 0 Å². The SMILES string of the molecule is [C-]#[N+]c1c(C#N)c(C)n2[nH]c(C(C)(C)COC(=O)CCCCCCC)nc12. The minimum Gasteiger partial charge on any atom is -0.465 e. The van der Waals surface area contributed by atoms with E-state index in [4.69, 9.17) is 11.3 Å². The van der Waals surface area contributed by atoms with Crippen molar-refractivity contribution in [2.75, 3.05) is 6.61 Å². The normalized spacial score (nSPS) is 11.3. The summed E-state index contributed by atoms with van der Waals surface area (Å²) in [6.45, 7) is 15.3. The van der Waals surface area contributed by atoms with E-state index in [-0.39, 0.29) is 18.3 Å². The molecule has 0 aromatic carbocycles. The van der Waals surface area contributed by atoms with Crippen LogP contribution in [0.15, 0.2) is 0 Å². The predicted octanol–water partition coefficient (Wildman–Crippen LogP) is 4.57. The third-order valence-electron chi connectivity index (χ3n) is 4.74. The Morgan fingerprint density at radius 2 is 2.07 bits per heavy atom. The van der Waals surface area contributed by atoms with Crippen LogP contribution in [0, 0.1) is 24.8 Å². The topological polar surface area (TPSA) is 87.5 Å². The number of carbonyl (C=O) groups excluding carboxylic acids is 1. The molecule has 2 aromatic rings. The smallest absolute Gasteiger partial charge is 0.305 e. The molecule has 0 bridgehead atoms. The van der Waals surface area contributed by atoms with Crippen molar-refractivity contribution in [3.05, 3.63) is 28.5 Å². The van der Waals surface area contributed by atoms with Gasteiger partial charge in [0.2, 0.25) is 5.69 Å². The number of aromatic amines is 1. The summed E-state index contributed by atoms with van der Waals surface area (Å²) >= 11 is 0. The van der Waals surface area contributed by atoms with Gasteiger partial charge < -0.3 is 4.74 Å². The van der Waals surface area contributed by atoms with Gasteiger partial charge >= 0.3 is 5.97 Å². The average Bonchev–Trinajstić information content (AvgIpc) is 3.18. The standard InChI is InChI=1S/C20H27N5O2/c1-6-7-8-9-10-11-16(26)27-13-20(3,4)19-23-18-17(22-5)15(12-21)14(2)25(18)24-19/h6-11,13H2,1-4H3,(H,23,24). The summed E-state index contributed by atoms with van der Waals surface area (Å²) in [6.07, 6.45) is 5.88. The van der Waals surface area contributed by atoms with Crippen molar-refractivity contribution in [3.8, 4) is 6.07 Å². The van der Waals surface area contributed by atoms with Gasteiger partial charge in [-0.2, -0.15) is 5.26 Å². The summed E-state index contributed by atoms with van der Waals surface area (Å²) < 4.78 is 7.10. The van der Waals surface area contributed by atoms with Gasteiger partial charge in [0.1, 0.15) is 12.4 Å². The highest BCUT2D eigenvalue weighted by atomic mass is 16.5. The first-order valence-corrected chi connectivity index (χ1v) is 9.40. The minimum absolute atomic E-state index is 0.192. The highest BCUT2D eigenvalue weighted by molar-refractivity contribution is 5.78. The second-order valence-corrected chi connectivity index (χ2v) is 7.47. The molecule has 0 aliphatic heterocycles. The number of esters is 1. The molecule has 2 aromatic heterocycles. The van der Waals surface area contributed by atoms with Crippen LogP contribution >= 0.6 is 0 Å². The quantitative estimate of drug-likeness (QED) is 0.398. The molecule has 0 radical (unpaired) electrons. The number of nitrogens with one attached hydrogen (secondary N) is 1. The fraction of sp³-hybridized carbons (Fsp3) is 0.600. The van der Waals surface area contributed by atoms with Crippen molar-refractivity contribution in [2.24, 2.45) is 0 Å². The Bertz CT molecular complexity index is 892. The number of carbonyl (C=O) groups is 1. The van der Waals surface area contributed by atoms with Gasteiger partial charge in [0.15, 0.2) is 5.65 Å². The van der Waals surface area contributed by atoms with E-state index >= 15 is 0 Å². The fourth-order valence-electron chi connectivity index (χ4n) is 2.95. The Labute approximate surface area is 160 Å². The molecule has 0 atom stereocenters. The van der Waals surface area contributed by atoms with Crippen LogP contribution in [0.3, 0.4) is 0 Å². The molecule has 0 fully saturated rings. The van der Waals surface area contributed by atoms with E-state index in [1.54, 1.807) is 11.4 Å². The van der Waals surface area contributed by atoms with Crippen molar-refractivity contribution in [2.45, 2.75) is 71.6 Å². The van der Waals surface area contributed by atoms with Gasteiger partial charge in [-0.15, -0.1) is 0 Å². The lowest BCUT2D eigenvalue weighted by Gasteiger charge is -2.21. The summed E-state index contributed by atoms with van der Waals surface area (Å²) in [5.41, 5.74) is 1.14. The summed E-state index contributed by atoms with van der Waals surface area (Å²) in [7, 11) is 0. The average molecular weight is 369 g/mol. The first-order valence-electron chi connectivity index (χ1n) is 9.40. The lowest BCUT2D eigenvalue weighted by Crippen LogP contribution is -2.28. The Kier molecular flexibility index (Phi) is 6.63. The van der Waals surface area contributed by atoms with Crippen LogP contribution in [-0.4, -0.2) is 27.2 Å². The Hall–Kier alpha value is -2.80. The number of aryl methyl sites for hydroxylation is 1. The second-order valence-electron chi connectivity index (χ2n) is 7.47. The zero-order valence-corrected chi connectivity index (χ0v) is 16.6. The largest absolute Gasteiger partial charge is 0.465 e. The Balaban J connectivity index is 2.03. The van der Waals surface area contributed by atoms with E-state index in [9.17, 15) is 10.1 Å². The van der Waals surface area contributed by atoms with Gasteiger partial charge in [-0.05, 0) is 27.2 Å². The first-order chi connectivity index (χ1) is 12.9. The zero-order chi connectivity index (χ0) is 20.0. The van der Waals surface area contributed by atoms with Gasteiger partial charge in [-0.25, -0.2) is 9.83 Å². The molecule has 0 spiro atoms. The van der Waals surface area contributed by atoms with Crippen LogP contribution in [0.5, 0.6) is 0 Å². The molecule has 1 N–H and O–H groups in total. The number of hydrogen-bond donors (Lipinski definition) is 1. The second kappa shape index (κ2) is 8.73. The molecule has 0 unspecified atom stereocenters. The molecule has 0 saturated carbocycles. The fourth-order valence-corrected chi connectivity index (χ4v) is 2.95. The molecule has 144 valence electrons. The van der Waals surface area contributed by atoms with E-state index in [1.165, 1.54) is 12.8 Å². The molecule has 2 rings (SSSR count). The molecular formula is C20H27N5O2. The van der Waals surface area contributed by atoms with E-state index < -0.39 is 5.41 Å². The van der Waals surface area contributed by atoms with Crippen molar-refractivity contribution in [3.63, 3.8) is 0 Å². The van der Waals surface area contributed by atoms with Gasteiger partial charge in [-0.1, -0.05) is 32.6 Å². The number of aromatic nitrogens is 3. The van der Waals surface area contributed by atoms with Crippen molar-refractivity contribution < 1.29 is 9.53 Å². The molecule has 27 heavy (non-hydrogen) atoms. The van der Waals surface area contributed by atoms with Crippen LogP contribution in [0.1, 0.15) is 76.4 Å². The molecular weight excluding hydrogens is 342 g/mol. The molecule has 0 aliphatic carbocycles. The third-order valence-corrected chi connectivity index (χ3v) is 4.74. The Morgan fingerprint density at radius 1 is 1.37 bits per heavy atom. The number of fused-ring (bicyclic) bond motifs is 1. The van der Waals surface area contributed by atoms with Crippen LogP contribution in [0.2, 0.25) is 0 Å². The number of H-pyrrole nitrogens is 1. The number of rotatable bonds is 9. The van der Waals surface area contributed by atoms with Crippen LogP contribution in [0.4, 0.5) is 5.69 Å². The summed E-state index contributed by atoms with van der Waals surface area (Å²) in [6, 6.07) is 2.06. The molecule has 0 aliphatic rings. The van der Waals surface area contributed by atoms with E-state index in [0.29, 0.717) is 29.1 Å². The van der Waals surface area contributed by atoms with Crippen LogP contribution in [0.25, 0.3) is 10.5 Å². The van der Waals surface area contributed by atoms with Gasteiger partial charge in [-0.3, -0.25) is 14.4 Å². The van der Waals surface area contributed by atoms with Gasteiger partial charge in [0.05, 0.1) is 23.6 Å². The molecule has 0 amide bonds. The molecule has 0 saturated heterocycles. The van der Waals surface area contributed by atoms with Crippen molar-refractivity contribution >= 4 is 17.3 Å². The summed E-state index contributed by atoms with van der Waals surface area (Å²) in [5, 5.41) is 12.4. The lowest BCUT2D eigenvalue weighted by molar-refractivity contribution is -0.145. The number of nitrogens with zero attached hydrogens (tertiary/aromatic N) is 4. The summed E-state index contributed by atoms with van der Waals surface area (Å²) in [4.78, 5) is 19.9. The lowest BCUT2D eigenvalue weighted by atomic mass is 9.94. The van der Waals surface area contributed by atoms with E-state index in [0.717, 1.165) is 19.3 Å². The predicted molar refractivity (Wildman–Crippen MR) is 103 cm³/mol. The van der Waals surface area contributed by atoms with Gasteiger partial charge in [0, 0.05) is 12.1 Å². The Morgan fingerprint density at radius 3 is 2.70 bits per heavy atom. The number of ether oxygens (including phenoxy) is 1. The van der Waals surface area contributed by atoms with Gasteiger partial charge in [0.25, 0.3) is 0 Å². The van der Waals surface area contributed by atoms with Crippen molar-refractivity contribution in [1.29, 1.82) is 5.26 Å². The molecule has 2 heterocycles. The van der Waals surface area contributed by atoms with Crippen LogP contribution in [-0.2, 0) is 14.9 Å². The monoisotopic (exact) mass is 369 g/mol. The number of nitriles is 1. The molecule has 7 nitrogen and oxygen atoms in total. The van der Waals surface area contributed by atoms with E-state index in [2.05, 4.69) is 27.9 Å². The first kappa shape index (κ1) is 20.5. The number of unbranched alkanes of at least 4 members (excludes halogenated alkanes) is 4. The zero-order valence-electron chi connectivity index (χ0n) is 16.6. The highest BCUT2D eigenvalue weighted by Gasteiger charge is 2.29. The maximum Gasteiger partial charge on any atom is 0.305 e. The third kappa shape index (κ3) is 4.49. The minimum atomic E-state index is -0.532. The van der Waals surface area contributed by atoms with Crippen molar-refractivity contribution in [1.82, 2.24) is 14.6 Å². The summed E-state index contributed by atoms with van der Waals surface area (Å²) in [5.74, 6) is 0.424. The maximum atomic E-state index is 12.0. The molecule has 7 heteroatoms. The maximum absolute atomic E-state index is 12.0. The van der Waals surface area contributed by atoms with E-state index in [1.807, 2.05) is 13.8 Å². The number of hydrogen-bond acceptors (Lipinski definition) is 4.